The molecule has 0 aliphatic carbocycles. The molecule has 0 saturated heterocycles. The van der Waals surface area contributed by atoms with Crippen LogP contribution in [0.2, 0.25) is 0 Å². The highest BCUT2D eigenvalue weighted by atomic mass is 16.5. The maximum atomic E-state index is 10.9. The number of rotatable bonds is 11. The van der Waals surface area contributed by atoms with E-state index in [0.29, 0.717) is 26.4 Å². The third kappa shape index (κ3) is 13.0. The number of methoxy groups -OCH3 is 1. The molecule has 0 amide bonds. The molecule has 0 aromatic heterocycles. The van der Waals surface area contributed by atoms with Gasteiger partial charge in [0, 0.05) is 26.3 Å². The van der Waals surface area contributed by atoms with Gasteiger partial charge in [-0.1, -0.05) is 6.08 Å². The highest BCUT2D eigenvalue weighted by Gasteiger charge is 1.92. The van der Waals surface area contributed by atoms with Gasteiger partial charge in [-0.25, -0.2) is 4.79 Å². The van der Waals surface area contributed by atoms with Gasteiger partial charge in [-0.3, -0.25) is 0 Å². The van der Waals surface area contributed by atoms with Crippen molar-refractivity contribution in [2.45, 2.75) is 13.3 Å². The molecule has 0 aromatic carbocycles. The normalized spacial score (nSPS) is 10.9. The molecule has 0 rings (SSSR count). The summed E-state index contributed by atoms with van der Waals surface area (Å²) in [5.74, 6) is -0.294. The van der Waals surface area contributed by atoms with Crippen LogP contribution in [-0.2, 0) is 19.0 Å². The molecule has 0 bridgehead atoms. The summed E-state index contributed by atoms with van der Waals surface area (Å²) in [6.45, 7) is 5.72. The van der Waals surface area contributed by atoms with Gasteiger partial charge in [-0.05, 0) is 19.9 Å². The predicted octanol–water partition coefficient (Wildman–Crippen LogP) is 0.748. The zero-order valence-electron chi connectivity index (χ0n) is 10.7. The van der Waals surface area contributed by atoms with Crippen molar-refractivity contribution in [2.75, 3.05) is 46.6 Å². The molecule has 100 valence electrons. The first-order valence-electron chi connectivity index (χ1n) is 5.92. The zero-order valence-corrected chi connectivity index (χ0v) is 10.7. The molecule has 5 heteroatoms. The van der Waals surface area contributed by atoms with Gasteiger partial charge in [0.1, 0.15) is 0 Å². The van der Waals surface area contributed by atoms with E-state index in [2.05, 4.69) is 5.32 Å². The van der Waals surface area contributed by atoms with Crippen LogP contribution in [0, 0.1) is 0 Å². The molecule has 0 aromatic rings. The summed E-state index contributed by atoms with van der Waals surface area (Å²) in [5, 5.41) is 3.17. The van der Waals surface area contributed by atoms with Crippen molar-refractivity contribution < 1.29 is 19.0 Å². The lowest BCUT2D eigenvalue weighted by Crippen LogP contribution is -2.17. The van der Waals surface area contributed by atoms with E-state index in [1.54, 1.807) is 20.1 Å². The first-order chi connectivity index (χ1) is 8.31. The van der Waals surface area contributed by atoms with Gasteiger partial charge in [0.15, 0.2) is 0 Å². The topological polar surface area (TPSA) is 56.8 Å². The molecular weight excluding hydrogens is 222 g/mol. The number of hydrogen-bond donors (Lipinski definition) is 1. The zero-order chi connectivity index (χ0) is 12.8. The van der Waals surface area contributed by atoms with Gasteiger partial charge in [0.05, 0.1) is 19.8 Å². The molecule has 0 radical (unpaired) electrons. The highest BCUT2D eigenvalue weighted by molar-refractivity contribution is 5.81. The first-order valence-corrected chi connectivity index (χ1v) is 5.92. The molecule has 0 aliphatic rings. The number of carbonyl (C=O) groups is 1. The Bertz CT molecular complexity index is 207. The maximum absolute atomic E-state index is 10.9. The quantitative estimate of drug-likeness (QED) is 0.331. The van der Waals surface area contributed by atoms with Gasteiger partial charge in [0.2, 0.25) is 0 Å². The molecule has 17 heavy (non-hydrogen) atoms. The Balaban J connectivity index is 3.15. The summed E-state index contributed by atoms with van der Waals surface area (Å²) in [5.41, 5.74) is 0. The number of hydrogen-bond acceptors (Lipinski definition) is 5. The Morgan fingerprint density at radius 3 is 2.82 bits per heavy atom. The van der Waals surface area contributed by atoms with Crippen molar-refractivity contribution in [3.05, 3.63) is 12.2 Å². The fourth-order valence-corrected chi connectivity index (χ4v) is 1.07. The molecule has 0 heterocycles. The van der Waals surface area contributed by atoms with Gasteiger partial charge in [-0.15, -0.1) is 0 Å². The van der Waals surface area contributed by atoms with Gasteiger partial charge in [-0.2, -0.15) is 0 Å². The Hall–Kier alpha value is -0.910. The minimum atomic E-state index is -0.294. The summed E-state index contributed by atoms with van der Waals surface area (Å²) in [6.07, 6.45) is 4.13. The van der Waals surface area contributed by atoms with Crippen LogP contribution in [0.4, 0.5) is 0 Å². The van der Waals surface area contributed by atoms with Crippen LogP contribution >= 0.6 is 0 Å². The molecule has 0 aliphatic heterocycles. The Morgan fingerprint density at radius 2 is 2.12 bits per heavy atom. The summed E-state index contributed by atoms with van der Waals surface area (Å²) >= 11 is 0. The van der Waals surface area contributed by atoms with Gasteiger partial charge in [0.25, 0.3) is 0 Å². The van der Waals surface area contributed by atoms with Crippen molar-refractivity contribution in [2.24, 2.45) is 0 Å². The lowest BCUT2D eigenvalue weighted by molar-refractivity contribution is -0.137. The average molecular weight is 245 g/mol. The lowest BCUT2D eigenvalue weighted by atomic mass is 10.4. The molecule has 0 atom stereocenters. The van der Waals surface area contributed by atoms with Crippen molar-refractivity contribution in [1.82, 2.24) is 5.32 Å². The molecule has 5 nitrogen and oxygen atoms in total. The SMILES string of the molecule is CCOC(=O)/C=C/CNCCCOCCOC. The second kappa shape index (κ2) is 13.2. The van der Waals surface area contributed by atoms with Gasteiger partial charge < -0.3 is 19.5 Å². The van der Waals surface area contributed by atoms with Crippen molar-refractivity contribution in [3.8, 4) is 0 Å². The molecule has 0 unspecified atom stereocenters. The van der Waals surface area contributed by atoms with E-state index in [0.717, 1.165) is 19.6 Å². The maximum Gasteiger partial charge on any atom is 0.330 e. The largest absolute Gasteiger partial charge is 0.463 e. The van der Waals surface area contributed by atoms with Crippen LogP contribution in [0.5, 0.6) is 0 Å². The molecular formula is C12H23NO4. The fourth-order valence-electron chi connectivity index (χ4n) is 1.07. The predicted molar refractivity (Wildman–Crippen MR) is 66.0 cm³/mol. The monoisotopic (exact) mass is 245 g/mol. The van der Waals surface area contributed by atoms with Crippen LogP contribution in [0.1, 0.15) is 13.3 Å². The van der Waals surface area contributed by atoms with Crippen LogP contribution < -0.4 is 5.32 Å². The number of esters is 1. The van der Waals surface area contributed by atoms with E-state index in [-0.39, 0.29) is 5.97 Å². The van der Waals surface area contributed by atoms with Crippen molar-refractivity contribution in [3.63, 3.8) is 0 Å². The van der Waals surface area contributed by atoms with E-state index in [9.17, 15) is 4.79 Å². The minimum absolute atomic E-state index is 0.294. The van der Waals surface area contributed by atoms with E-state index in [1.165, 1.54) is 6.08 Å². The van der Waals surface area contributed by atoms with Crippen molar-refractivity contribution >= 4 is 5.97 Å². The molecule has 0 saturated carbocycles. The third-order valence-corrected chi connectivity index (χ3v) is 1.88. The van der Waals surface area contributed by atoms with E-state index in [4.69, 9.17) is 14.2 Å². The van der Waals surface area contributed by atoms with Crippen LogP contribution in [0.3, 0.4) is 0 Å². The Morgan fingerprint density at radius 1 is 1.29 bits per heavy atom. The molecule has 0 spiro atoms. The number of ether oxygens (including phenoxy) is 3. The van der Waals surface area contributed by atoms with Crippen molar-refractivity contribution in [1.29, 1.82) is 0 Å². The molecule has 0 fully saturated rings. The highest BCUT2D eigenvalue weighted by Crippen LogP contribution is 1.83. The standard InChI is InChI=1S/C12H23NO4/c1-3-17-12(14)6-4-7-13-8-5-9-16-11-10-15-2/h4,6,13H,3,5,7-11H2,1-2H3/b6-4+. The lowest BCUT2D eigenvalue weighted by Gasteiger charge is -2.03. The smallest absolute Gasteiger partial charge is 0.330 e. The fraction of sp³-hybridized carbons (Fsp3) is 0.750. The molecule has 1 N–H and O–H groups in total. The third-order valence-electron chi connectivity index (χ3n) is 1.88. The number of carbonyl (C=O) groups excluding carboxylic acids is 1. The van der Waals surface area contributed by atoms with E-state index >= 15 is 0 Å². The Labute approximate surface area is 103 Å². The summed E-state index contributed by atoms with van der Waals surface area (Å²) in [7, 11) is 1.65. The first kappa shape index (κ1) is 16.1. The van der Waals surface area contributed by atoms with E-state index in [1.807, 2.05) is 0 Å². The second-order valence-electron chi connectivity index (χ2n) is 3.32. The number of nitrogens with one attached hydrogen (secondary N) is 1. The second-order valence-corrected chi connectivity index (χ2v) is 3.32. The van der Waals surface area contributed by atoms with Crippen LogP contribution in [-0.4, -0.2) is 52.6 Å². The minimum Gasteiger partial charge on any atom is -0.463 e. The summed E-state index contributed by atoms with van der Waals surface area (Å²) in [4.78, 5) is 10.9. The van der Waals surface area contributed by atoms with Gasteiger partial charge >= 0.3 is 5.97 Å². The Kier molecular flexibility index (Phi) is 12.5. The summed E-state index contributed by atoms with van der Waals surface area (Å²) in [6, 6.07) is 0. The summed E-state index contributed by atoms with van der Waals surface area (Å²) < 4.78 is 14.9. The van der Waals surface area contributed by atoms with E-state index < -0.39 is 0 Å². The van der Waals surface area contributed by atoms with Crippen LogP contribution in [0.15, 0.2) is 12.2 Å². The average Bonchev–Trinajstić information content (AvgIpc) is 2.32. The van der Waals surface area contributed by atoms with Crippen LogP contribution in [0.25, 0.3) is 0 Å².